The lowest BCUT2D eigenvalue weighted by atomic mass is 10.2. The van der Waals surface area contributed by atoms with E-state index in [0.29, 0.717) is 31.9 Å². The maximum Gasteiger partial charge on any atom is 0.410 e. The standard InChI is InChI=1S/C16H24N4O3.C3H8/c1-16(2,3)23-15(22)20-9-7-19(8-10-20)12-5-6-13(18-11-12)14(21)17-4;1-3-2/h5-6,11H,7-10H2,1-4H3,(H,17,21);3H2,1-2H3. The van der Waals surface area contributed by atoms with E-state index in [-0.39, 0.29) is 12.0 Å². The van der Waals surface area contributed by atoms with Crippen LogP contribution in [0.3, 0.4) is 0 Å². The molecule has 0 aliphatic carbocycles. The zero-order chi connectivity index (χ0) is 19.7. The van der Waals surface area contributed by atoms with Crippen molar-refractivity contribution in [3.8, 4) is 0 Å². The van der Waals surface area contributed by atoms with Gasteiger partial charge < -0.3 is 19.9 Å². The highest BCUT2D eigenvalue weighted by molar-refractivity contribution is 5.92. The number of pyridine rings is 1. The van der Waals surface area contributed by atoms with Crippen LogP contribution in [-0.2, 0) is 4.74 Å². The Morgan fingerprint density at radius 3 is 2.15 bits per heavy atom. The quantitative estimate of drug-likeness (QED) is 0.873. The fraction of sp³-hybridized carbons (Fsp3) is 0.632. The van der Waals surface area contributed by atoms with E-state index in [9.17, 15) is 9.59 Å². The van der Waals surface area contributed by atoms with Gasteiger partial charge in [-0.3, -0.25) is 4.79 Å². The number of ether oxygens (including phenoxy) is 1. The van der Waals surface area contributed by atoms with Gasteiger partial charge in [0.2, 0.25) is 0 Å². The molecule has 1 aromatic heterocycles. The molecule has 7 heteroatoms. The minimum Gasteiger partial charge on any atom is -0.444 e. The summed E-state index contributed by atoms with van der Waals surface area (Å²) in [6, 6.07) is 3.58. The number of amides is 2. The van der Waals surface area contributed by atoms with Crippen molar-refractivity contribution in [3.63, 3.8) is 0 Å². The fourth-order valence-corrected chi connectivity index (χ4v) is 2.31. The molecule has 0 atom stereocenters. The van der Waals surface area contributed by atoms with Crippen LogP contribution < -0.4 is 10.2 Å². The monoisotopic (exact) mass is 364 g/mol. The van der Waals surface area contributed by atoms with E-state index in [1.807, 2.05) is 26.8 Å². The van der Waals surface area contributed by atoms with E-state index in [2.05, 4.69) is 29.0 Å². The van der Waals surface area contributed by atoms with Crippen LogP contribution in [0.5, 0.6) is 0 Å². The van der Waals surface area contributed by atoms with E-state index >= 15 is 0 Å². The van der Waals surface area contributed by atoms with Crippen LogP contribution in [0, 0.1) is 0 Å². The van der Waals surface area contributed by atoms with Crippen LogP contribution in [0.15, 0.2) is 18.3 Å². The van der Waals surface area contributed by atoms with Crippen LogP contribution in [-0.4, -0.2) is 60.7 Å². The number of hydrogen-bond donors (Lipinski definition) is 1. The summed E-state index contributed by atoms with van der Waals surface area (Å²) in [5.74, 6) is -0.203. The van der Waals surface area contributed by atoms with Crippen molar-refractivity contribution >= 4 is 17.7 Å². The number of aromatic nitrogens is 1. The van der Waals surface area contributed by atoms with Crippen molar-refractivity contribution < 1.29 is 14.3 Å². The lowest BCUT2D eigenvalue weighted by Crippen LogP contribution is -2.50. The van der Waals surface area contributed by atoms with Gasteiger partial charge in [0.25, 0.3) is 5.91 Å². The Bertz CT molecular complexity index is 573. The molecule has 1 aliphatic heterocycles. The van der Waals surface area contributed by atoms with Gasteiger partial charge in [-0.2, -0.15) is 0 Å². The summed E-state index contributed by atoms with van der Waals surface area (Å²) >= 11 is 0. The number of hydrogen-bond acceptors (Lipinski definition) is 5. The SMILES string of the molecule is CCC.CNC(=O)c1ccc(N2CCN(C(=O)OC(C)(C)C)CC2)cn1. The topological polar surface area (TPSA) is 74.8 Å². The molecular weight excluding hydrogens is 332 g/mol. The Kier molecular flexibility index (Phi) is 8.35. The molecule has 0 radical (unpaired) electrons. The maximum atomic E-state index is 12.0. The van der Waals surface area contributed by atoms with Gasteiger partial charge in [0.15, 0.2) is 0 Å². The molecule has 1 fully saturated rings. The largest absolute Gasteiger partial charge is 0.444 e. The minimum atomic E-state index is -0.478. The lowest BCUT2D eigenvalue weighted by Gasteiger charge is -2.36. The van der Waals surface area contributed by atoms with Gasteiger partial charge in [-0.25, -0.2) is 9.78 Å². The molecule has 26 heavy (non-hydrogen) atoms. The maximum absolute atomic E-state index is 12.0. The van der Waals surface area contributed by atoms with Crippen LogP contribution in [0.1, 0.15) is 51.5 Å². The van der Waals surface area contributed by atoms with E-state index < -0.39 is 5.60 Å². The molecule has 1 aromatic rings. The zero-order valence-electron chi connectivity index (χ0n) is 16.8. The van der Waals surface area contributed by atoms with Gasteiger partial charge in [-0.05, 0) is 32.9 Å². The van der Waals surface area contributed by atoms with Gasteiger partial charge in [0.1, 0.15) is 11.3 Å². The van der Waals surface area contributed by atoms with E-state index in [1.54, 1.807) is 24.2 Å². The predicted molar refractivity (Wildman–Crippen MR) is 104 cm³/mol. The summed E-state index contributed by atoms with van der Waals surface area (Å²) in [7, 11) is 1.58. The number of rotatable bonds is 2. The summed E-state index contributed by atoms with van der Waals surface area (Å²) in [5, 5.41) is 2.54. The highest BCUT2D eigenvalue weighted by Gasteiger charge is 2.26. The van der Waals surface area contributed by atoms with Crippen molar-refractivity contribution in [1.29, 1.82) is 0 Å². The first-order chi connectivity index (χ1) is 12.2. The minimum absolute atomic E-state index is 0.203. The third-order valence-corrected chi connectivity index (χ3v) is 3.50. The van der Waals surface area contributed by atoms with Gasteiger partial charge in [0.05, 0.1) is 11.9 Å². The average molecular weight is 364 g/mol. The highest BCUT2D eigenvalue weighted by atomic mass is 16.6. The Hall–Kier alpha value is -2.31. The second-order valence-electron chi connectivity index (χ2n) is 7.14. The molecular formula is C19H32N4O3. The molecule has 1 saturated heterocycles. The van der Waals surface area contributed by atoms with Gasteiger partial charge in [-0.15, -0.1) is 0 Å². The van der Waals surface area contributed by atoms with Gasteiger partial charge in [0, 0.05) is 33.2 Å². The summed E-state index contributed by atoms with van der Waals surface area (Å²) in [4.78, 5) is 31.6. The molecule has 1 aliphatic rings. The molecule has 2 heterocycles. The van der Waals surface area contributed by atoms with Crippen LogP contribution in [0.4, 0.5) is 10.5 Å². The Balaban J connectivity index is 0.00000105. The number of anilines is 1. The number of nitrogens with zero attached hydrogens (tertiary/aromatic N) is 3. The summed E-state index contributed by atoms with van der Waals surface area (Å²) in [6.45, 7) is 12.5. The zero-order valence-corrected chi connectivity index (χ0v) is 16.8. The van der Waals surface area contributed by atoms with E-state index in [0.717, 1.165) is 5.69 Å². The van der Waals surface area contributed by atoms with E-state index in [4.69, 9.17) is 4.74 Å². The summed E-state index contributed by atoms with van der Waals surface area (Å²) in [6.07, 6.45) is 2.67. The van der Waals surface area contributed by atoms with Crippen LogP contribution >= 0.6 is 0 Å². The highest BCUT2D eigenvalue weighted by Crippen LogP contribution is 2.17. The molecule has 146 valence electrons. The molecule has 2 amide bonds. The first-order valence-corrected chi connectivity index (χ1v) is 9.12. The second kappa shape index (κ2) is 9.99. The van der Waals surface area contributed by atoms with Crippen LogP contribution in [0.2, 0.25) is 0 Å². The first kappa shape index (κ1) is 21.7. The van der Waals surface area contributed by atoms with Gasteiger partial charge >= 0.3 is 6.09 Å². The fourth-order valence-electron chi connectivity index (χ4n) is 2.31. The van der Waals surface area contributed by atoms with Crippen molar-refractivity contribution in [1.82, 2.24) is 15.2 Å². The molecule has 0 saturated carbocycles. The van der Waals surface area contributed by atoms with Crippen LogP contribution in [0.25, 0.3) is 0 Å². The number of carbonyl (C=O) groups excluding carboxylic acids is 2. The Morgan fingerprint density at radius 1 is 1.15 bits per heavy atom. The molecule has 1 N–H and O–H groups in total. The molecule has 0 spiro atoms. The second-order valence-corrected chi connectivity index (χ2v) is 7.14. The molecule has 7 nitrogen and oxygen atoms in total. The van der Waals surface area contributed by atoms with Crippen molar-refractivity contribution in [2.45, 2.75) is 46.6 Å². The van der Waals surface area contributed by atoms with E-state index in [1.165, 1.54) is 6.42 Å². The van der Waals surface area contributed by atoms with Crippen molar-refractivity contribution in [3.05, 3.63) is 24.0 Å². The van der Waals surface area contributed by atoms with Crippen molar-refractivity contribution in [2.24, 2.45) is 0 Å². The number of carbonyl (C=O) groups is 2. The normalized spacial score (nSPS) is 14.2. The third kappa shape index (κ3) is 6.90. The molecule has 0 aromatic carbocycles. The number of nitrogens with one attached hydrogen (secondary N) is 1. The summed E-state index contributed by atoms with van der Waals surface area (Å²) < 4.78 is 5.38. The Morgan fingerprint density at radius 2 is 1.73 bits per heavy atom. The lowest BCUT2D eigenvalue weighted by molar-refractivity contribution is 0.0240. The predicted octanol–water partition coefficient (Wildman–Crippen LogP) is 2.91. The summed E-state index contributed by atoms with van der Waals surface area (Å²) in [5.41, 5.74) is 0.860. The molecule has 0 bridgehead atoms. The smallest absolute Gasteiger partial charge is 0.410 e. The van der Waals surface area contributed by atoms with Gasteiger partial charge in [-0.1, -0.05) is 20.3 Å². The van der Waals surface area contributed by atoms with Crippen molar-refractivity contribution in [2.75, 3.05) is 38.1 Å². The first-order valence-electron chi connectivity index (χ1n) is 9.12. The molecule has 0 unspecified atom stereocenters. The Labute approximate surface area is 156 Å². The number of piperazine rings is 1. The molecule has 2 rings (SSSR count). The average Bonchev–Trinajstić information content (AvgIpc) is 2.60. The third-order valence-electron chi connectivity index (χ3n) is 3.50.